The predicted molar refractivity (Wildman–Crippen MR) is 64.7 cm³/mol. The number of carbonyl (C=O) groups is 1. The summed E-state index contributed by atoms with van der Waals surface area (Å²) in [6, 6.07) is 0. The van der Waals surface area contributed by atoms with Crippen molar-refractivity contribution in [3.63, 3.8) is 0 Å². The Morgan fingerprint density at radius 2 is 2.25 bits per heavy atom. The van der Waals surface area contributed by atoms with Gasteiger partial charge in [-0.25, -0.2) is 0 Å². The number of hydrogen-bond acceptors (Lipinski definition) is 4. The number of carbonyl (C=O) groups excluding carboxylic acids is 1. The lowest BCUT2D eigenvalue weighted by Crippen LogP contribution is -2.51. The van der Waals surface area contributed by atoms with E-state index in [-0.39, 0.29) is 11.5 Å². The number of ether oxygens (including phenoxy) is 1. The summed E-state index contributed by atoms with van der Waals surface area (Å²) >= 11 is 1.97. The van der Waals surface area contributed by atoms with Crippen LogP contribution in [0.4, 0.5) is 0 Å². The van der Waals surface area contributed by atoms with E-state index in [0.29, 0.717) is 11.7 Å². The van der Waals surface area contributed by atoms with Gasteiger partial charge in [0.15, 0.2) is 0 Å². The third kappa shape index (κ3) is 1.91. The molecule has 3 rings (SSSR count). The van der Waals surface area contributed by atoms with Gasteiger partial charge in [0.2, 0.25) is 0 Å². The molecule has 16 heavy (non-hydrogen) atoms. The van der Waals surface area contributed by atoms with Gasteiger partial charge in [0.05, 0.1) is 5.60 Å². The zero-order valence-electron chi connectivity index (χ0n) is 9.54. The molecule has 0 aliphatic carbocycles. The second kappa shape index (κ2) is 4.31. The predicted octanol–water partition coefficient (Wildman–Crippen LogP) is 1.08. The van der Waals surface area contributed by atoms with Crippen LogP contribution in [0.3, 0.4) is 0 Å². The van der Waals surface area contributed by atoms with Crippen molar-refractivity contribution in [3.8, 4) is 0 Å². The van der Waals surface area contributed by atoms with Gasteiger partial charge in [0, 0.05) is 37.3 Å². The van der Waals surface area contributed by atoms with Crippen LogP contribution in [0.25, 0.3) is 0 Å². The van der Waals surface area contributed by atoms with E-state index in [2.05, 4.69) is 5.32 Å². The molecule has 0 bridgehead atoms. The lowest BCUT2D eigenvalue weighted by molar-refractivity contribution is -0.139. The fourth-order valence-corrected chi connectivity index (χ4v) is 4.34. The largest absolute Gasteiger partial charge is 0.374 e. The molecular formula is C12H19NO2S. The van der Waals surface area contributed by atoms with Crippen LogP contribution < -0.4 is 5.32 Å². The van der Waals surface area contributed by atoms with Crippen LogP contribution in [-0.4, -0.2) is 42.6 Å². The van der Waals surface area contributed by atoms with Crippen LogP contribution in [0, 0.1) is 11.8 Å². The van der Waals surface area contributed by atoms with Gasteiger partial charge in [-0.1, -0.05) is 0 Å². The molecule has 1 spiro atoms. The summed E-state index contributed by atoms with van der Waals surface area (Å²) in [7, 11) is 0. The summed E-state index contributed by atoms with van der Waals surface area (Å²) in [5.74, 6) is 3.37. The third-order valence-corrected chi connectivity index (χ3v) is 5.37. The molecular weight excluding hydrogens is 222 g/mol. The van der Waals surface area contributed by atoms with E-state index >= 15 is 0 Å². The quantitative estimate of drug-likeness (QED) is 0.785. The van der Waals surface area contributed by atoms with Crippen LogP contribution in [-0.2, 0) is 9.53 Å². The highest BCUT2D eigenvalue weighted by atomic mass is 32.2. The first kappa shape index (κ1) is 11.1. The Balaban J connectivity index is 1.64. The number of ketones is 1. The maximum Gasteiger partial charge on any atom is 0.141 e. The van der Waals surface area contributed by atoms with Crippen molar-refractivity contribution in [2.45, 2.75) is 24.9 Å². The van der Waals surface area contributed by atoms with Gasteiger partial charge >= 0.3 is 0 Å². The fraction of sp³-hybridized carbons (Fsp3) is 0.917. The average Bonchev–Trinajstić information content (AvgIpc) is 2.64. The van der Waals surface area contributed by atoms with Crippen LogP contribution in [0.15, 0.2) is 0 Å². The molecule has 0 amide bonds. The van der Waals surface area contributed by atoms with Crippen molar-refractivity contribution in [1.29, 1.82) is 0 Å². The first-order valence-electron chi connectivity index (χ1n) is 6.25. The van der Waals surface area contributed by atoms with Crippen LogP contribution in [0.5, 0.6) is 0 Å². The van der Waals surface area contributed by atoms with Crippen molar-refractivity contribution in [1.82, 2.24) is 5.32 Å². The minimum absolute atomic E-state index is 0.0560. The standard InChI is InChI=1S/C12H19NO2S/c14-11(10-6-13-7-10)9-1-3-15-12(5-9)2-4-16-8-12/h9-10,13H,1-8H2. The summed E-state index contributed by atoms with van der Waals surface area (Å²) in [5.41, 5.74) is 0.0560. The van der Waals surface area contributed by atoms with E-state index < -0.39 is 0 Å². The van der Waals surface area contributed by atoms with E-state index in [4.69, 9.17) is 4.74 Å². The highest BCUT2D eigenvalue weighted by molar-refractivity contribution is 7.99. The molecule has 0 saturated carbocycles. The van der Waals surface area contributed by atoms with Crippen LogP contribution >= 0.6 is 11.8 Å². The lowest BCUT2D eigenvalue weighted by atomic mass is 9.78. The number of thioether (sulfide) groups is 1. The Morgan fingerprint density at radius 3 is 2.88 bits per heavy atom. The normalized spacial score (nSPS) is 39.9. The Bertz CT molecular complexity index is 285. The molecule has 2 unspecified atom stereocenters. The number of hydrogen-bond donors (Lipinski definition) is 1. The second-order valence-corrected chi connectivity index (χ2v) is 6.39. The van der Waals surface area contributed by atoms with Gasteiger partial charge in [-0.05, 0) is 25.0 Å². The van der Waals surface area contributed by atoms with Crippen molar-refractivity contribution >= 4 is 17.5 Å². The van der Waals surface area contributed by atoms with E-state index in [0.717, 1.165) is 44.7 Å². The van der Waals surface area contributed by atoms with Gasteiger partial charge in [-0.15, -0.1) is 0 Å². The Morgan fingerprint density at radius 1 is 1.38 bits per heavy atom. The van der Waals surface area contributed by atoms with Crippen LogP contribution in [0.1, 0.15) is 19.3 Å². The summed E-state index contributed by atoms with van der Waals surface area (Å²) in [5, 5.41) is 3.19. The third-order valence-electron chi connectivity index (χ3n) is 4.15. The van der Waals surface area contributed by atoms with Crippen LogP contribution in [0.2, 0.25) is 0 Å². The van der Waals surface area contributed by atoms with E-state index in [1.807, 2.05) is 11.8 Å². The number of Topliss-reactive ketones (excluding diaryl/α,β-unsaturated/α-hetero) is 1. The zero-order chi connectivity index (χ0) is 11.0. The molecule has 3 aliphatic heterocycles. The number of rotatable bonds is 2. The van der Waals surface area contributed by atoms with Crippen molar-refractivity contribution in [2.75, 3.05) is 31.2 Å². The molecule has 0 aromatic carbocycles. The Hall–Kier alpha value is -0.0600. The molecule has 0 aromatic rings. The molecule has 0 aromatic heterocycles. The maximum atomic E-state index is 12.2. The van der Waals surface area contributed by atoms with Gasteiger partial charge < -0.3 is 10.1 Å². The van der Waals surface area contributed by atoms with E-state index in [1.165, 1.54) is 5.75 Å². The SMILES string of the molecule is O=C(C1CNC1)C1CCOC2(CCSC2)C1. The summed E-state index contributed by atoms with van der Waals surface area (Å²) in [6.45, 7) is 2.59. The lowest BCUT2D eigenvalue weighted by Gasteiger charge is -2.39. The molecule has 2 atom stereocenters. The summed E-state index contributed by atoms with van der Waals surface area (Å²) < 4.78 is 5.95. The number of nitrogens with one attached hydrogen (secondary N) is 1. The van der Waals surface area contributed by atoms with Crippen molar-refractivity contribution in [3.05, 3.63) is 0 Å². The minimum Gasteiger partial charge on any atom is -0.374 e. The van der Waals surface area contributed by atoms with Crippen molar-refractivity contribution in [2.24, 2.45) is 11.8 Å². The summed E-state index contributed by atoms with van der Waals surface area (Å²) in [6.07, 6.45) is 3.07. The zero-order valence-corrected chi connectivity index (χ0v) is 10.4. The highest BCUT2D eigenvalue weighted by Gasteiger charge is 2.44. The molecule has 1 N–H and O–H groups in total. The van der Waals surface area contributed by atoms with E-state index in [9.17, 15) is 4.79 Å². The van der Waals surface area contributed by atoms with E-state index in [1.54, 1.807) is 0 Å². The first-order valence-corrected chi connectivity index (χ1v) is 7.41. The Labute approximate surface area is 101 Å². The molecule has 3 nitrogen and oxygen atoms in total. The molecule has 3 fully saturated rings. The molecule has 3 aliphatic rings. The smallest absolute Gasteiger partial charge is 0.141 e. The minimum atomic E-state index is 0.0560. The summed E-state index contributed by atoms with van der Waals surface area (Å²) in [4.78, 5) is 12.2. The van der Waals surface area contributed by atoms with Gasteiger partial charge in [0.25, 0.3) is 0 Å². The molecule has 0 radical (unpaired) electrons. The fourth-order valence-electron chi connectivity index (χ4n) is 2.96. The van der Waals surface area contributed by atoms with Gasteiger partial charge in [-0.2, -0.15) is 11.8 Å². The van der Waals surface area contributed by atoms with Gasteiger partial charge in [-0.3, -0.25) is 4.79 Å². The molecule has 3 heterocycles. The Kier molecular flexibility index (Phi) is 2.98. The average molecular weight is 241 g/mol. The topological polar surface area (TPSA) is 38.3 Å². The van der Waals surface area contributed by atoms with Gasteiger partial charge in [0.1, 0.15) is 5.78 Å². The highest BCUT2D eigenvalue weighted by Crippen LogP contribution is 2.41. The maximum absolute atomic E-state index is 12.2. The second-order valence-electron chi connectivity index (χ2n) is 5.28. The molecule has 4 heteroatoms. The molecule has 90 valence electrons. The molecule has 3 saturated heterocycles. The monoisotopic (exact) mass is 241 g/mol. The van der Waals surface area contributed by atoms with Crippen molar-refractivity contribution < 1.29 is 9.53 Å². The first-order chi connectivity index (χ1) is 7.79.